The summed E-state index contributed by atoms with van der Waals surface area (Å²) in [6.07, 6.45) is 0. The molecule has 0 bridgehead atoms. The smallest absolute Gasteiger partial charge is 0.176 e. The number of halogens is 1. The summed E-state index contributed by atoms with van der Waals surface area (Å²) in [5.41, 5.74) is 9.96. The van der Waals surface area contributed by atoms with Crippen molar-refractivity contribution in [2.24, 2.45) is 0 Å². The fourth-order valence-electron chi connectivity index (χ4n) is 2.63. The zero-order valence-electron chi connectivity index (χ0n) is 12.3. The number of pyridine rings is 1. The van der Waals surface area contributed by atoms with Gasteiger partial charge in [0.2, 0.25) is 0 Å². The molecule has 2 aromatic carbocycles. The molecule has 2 heterocycles. The quantitative estimate of drug-likeness (QED) is 0.597. The Kier molecular flexibility index (Phi) is 2.94. The van der Waals surface area contributed by atoms with Gasteiger partial charge in [0.1, 0.15) is 22.7 Å². The molecule has 4 rings (SSSR count). The second-order valence-electron chi connectivity index (χ2n) is 5.25. The number of hydrogen-bond acceptors (Lipinski definition) is 4. The van der Waals surface area contributed by atoms with Gasteiger partial charge in [-0.1, -0.05) is 0 Å². The van der Waals surface area contributed by atoms with Crippen LogP contribution in [0.25, 0.3) is 33.3 Å². The topological polar surface area (TPSA) is 61.3 Å². The molecule has 2 N–H and O–H groups in total. The monoisotopic (exact) mass is 308 g/mol. The highest BCUT2D eigenvalue weighted by molar-refractivity contribution is 6.07. The molecule has 0 amide bonds. The fourth-order valence-corrected chi connectivity index (χ4v) is 2.63. The number of nitrogens with zero attached hydrogens (tertiary/aromatic N) is 1. The van der Waals surface area contributed by atoms with Gasteiger partial charge in [0.15, 0.2) is 5.58 Å². The first-order chi connectivity index (χ1) is 11.2. The lowest BCUT2D eigenvalue weighted by Gasteiger charge is -2.03. The van der Waals surface area contributed by atoms with Gasteiger partial charge in [0.05, 0.1) is 23.9 Å². The van der Waals surface area contributed by atoms with Gasteiger partial charge in [-0.05, 0) is 48.5 Å². The van der Waals surface area contributed by atoms with Gasteiger partial charge < -0.3 is 14.9 Å². The molecule has 0 unspecified atom stereocenters. The Morgan fingerprint density at radius 3 is 2.61 bits per heavy atom. The van der Waals surface area contributed by atoms with E-state index in [0.29, 0.717) is 33.8 Å². The van der Waals surface area contributed by atoms with Crippen LogP contribution >= 0.6 is 0 Å². The number of fused-ring (bicyclic) bond motifs is 3. The Morgan fingerprint density at radius 1 is 1.09 bits per heavy atom. The van der Waals surface area contributed by atoms with Crippen LogP contribution in [0.2, 0.25) is 0 Å². The number of furan rings is 1. The van der Waals surface area contributed by atoms with Crippen LogP contribution in [0.4, 0.5) is 10.1 Å². The summed E-state index contributed by atoms with van der Waals surface area (Å²) in [7, 11) is 1.61. The molecular formula is C18H13FN2O2. The summed E-state index contributed by atoms with van der Waals surface area (Å²) >= 11 is 0. The van der Waals surface area contributed by atoms with Crippen LogP contribution in [-0.4, -0.2) is 12.1 Å². The van der Waals surface area contributed by atoms with Crippen molar-refractivity contribution in [3.8, 4) is 17.0 Å². The highest BCUT2D eigenvalue weighted by Crippen LogP contribution is 2.35. The van der Waals surface area contributed by atoms with Gasteiger partial charge in [-0.15, -0.1) is 0 Å². The molecule has 0 saturated carbocycles. The van der Waals surface area contributed by atoms with E-state index in [9.17, 15) is 4.39 Å². The molecule has 0 aliphatic heterocycles. The largest absolute Gasteiger partial charge is 0.497 e. The van der Waals surface area contributed by atoms with E-state index in [1.807, 2.05) is 18.2 Å². The summed E-state index contributed by atoms with van der Waals surface area (Å²) in [4.78, 5) is 4.65. The number of hydrogen-bond donors (Lipinski definition) is 1. The normalized spacial score (nSPS) is 11.2. The number of aromatic nitrogens is 1. The minimum atomic E-state index is -0.290. The molecule has 23 heavy (non-hydrogen) atoms. The van der Waals surface area contributed by atoms with Crippen LogP contribution in [0.1, 0.15) is 0 Å². The third-order valence-electron chi connectivity index (χ3n) is 3.80. The molecule has 0 fully saturated rings. The highest BCUT2D eigenvalue weighted by atomic mass is 19.1. The maximum atomic E-state index is 13.1. The molecular weight excluding hydrogens is 295 g/mol. The summed E-state index contributed by atoms with van der Waals surface area (Å²) in [5, 5.41) is 0.829. The zero-order valence-corrected chi connectivity index (χ0v) is 12.3. The minimum absolute atomic E-state index is 0.290. The Hall–Kier alpha value is -3.08. The van der Waals surface area contributed by atoms with Crippen molar-refractivity contribution < 1.29 is 13.5 Å². The predicted molar refractivity (Wildman–Crippen MR) is 87.9 cm³/mol. The molecule has 0 atom stereocenters. The Balaban J connectivity index is 2.00. The van der Waals surface area contributed by atoms with Gasteiger partial charge in [0.25, 0.3) is 0 Å². The van der Waals surface area contributed by atoms with Gasteiger partial charge in [-0.25, -0.2) is 9.37 Å². The lowest BCUT2D eigenvalue weighted by Crippen LogP contribution is -1.91. The standard InChI is InChI=1S/C18H13FN2O2/c1-22-12-6-7-16-13(8-12)17-18(23-16)14(20)9-15(21-17)10-2-4-11(19)5-3-10/h2-9H,1H3,(H2,20,21). The number of methoxy groups -OCH3 is 1. The first-order valence-corrected chi connectivity index (χ1v) is 7.08. The van der Waals surface area contributed by atoms with Crippen LogP contribution in [0.3, 0.4) is 0 Å². The minimum Gasteiger partial charge on any atom is -0.497 e. The lowest BCUT2D eigenvalue weighted by molar-refractivity contribution is 0.415. The van der Waals surface area contributed by atoms with E-state index in [0.717, 1.165) is 10.9 Å². The first kappa shape index (κ1) is 13.6. The first-order valence-electron chi connectivity index (χ1n) is 7.08. The maximum Gasteiger partial charge on any atom is 0.176 e. The van der Waals surface area contributed by atoms with Crippen molar-refractivity contribution in [1.29, 1.82) is 0 Å². The summed E-state index contributed by atoms with van der Waals surface area (Å²) < 4.78 is 24.1. The van der Waals surface area contributed by atoms with Crippen LogP contribution in [-0.2, 0) is 0 Å². The molecule has 0 spiro atoms. The number of nitrogens with two attached hydrogens (primary N) is 1. The van der Waals surface area contributed by atoms with Gasteiger partial charge in [-0.2, -0.15) is 0 Å². The average molecular weight is 308 g/mol. The van der Waals surface area contributed by atoms with Crippen molar-refractivity contribution in [3.63, 3.8) is 0 Å². The molecule has 0 radical (unpaired) electrons. The van der Waals surface area contributed by atoms with E-state index in [4.69, 9.17) is 14.9 Å². The predicted octanol–water partition coefficient (Wildman–Crippen LogP) is 4.38. The number of rotatable bonds is 2. The second-order valence-corrected chi connectivity index (χ2v) is 5.25. The van der Waals surface area contributed by atoms with Crippen LogP contribution < -0.4 is 10.5 Å². The van der Waals surface area contributed by atoms with Gasteiger partial charge >= 0.3 is 0 Å². The van der Waals surface area contributed by atoms with E-state index in [1.165, 1.54) is 12.1 Å². The lowest BCUT2D eigenvalue weighted by atomic mass is 10.1. The van der Waals surface area contributed by atoms with Crippen molar-refractivity contribution in [3.05, 3.63) is 54.3 Å². The van der Waals surface area contributed by atoms with Crippen LogP contribution in [0.5, 0.6) is 5.75 Å². The number of benzene rings is 2. The van der Waals surface area contributed by atoms with Crippen molar-refractivity contribution in [1.82, 2.24) is 4.98 Å². The van der Waals surface area contributed by atoms with Gasteiger partial charge in [0, 0.05) is 5.56 Å². The number of nitrogen functional groups attached to an aromatic ring is 1. The van der Waals surface area contributed by atoms with Crippen molar-refractivity contribution >= 4 is 27.8 Å². The van der Waals surface area contributed by atoms with E-state index < -0.39 is 0 Å². The summed E-state index contributed by atoms with van der Waals surface area (Å²) in [5.74, 6) is 0.425. The molecule has 4 nitrogen and oxygen atoms in total. The average Bonchev–Trinajstić information content (AvgIpc) is 2.94. The summed E-state index contributed by atoms with van der Waals surface area (Å²) in [6, 6.07) is 13.4. The van der Waals surface area contributed by atoms with E-state index in [-0.39, 0.29) is 5.82 Å². The van der Waals surface area contributed by atoms with E-state index in [1.54, 1.807) is 25.3 Å². The van der Waals surface area contributed by atoms with E-state index >= 15 is 0 Å². The maximum absolute atomic E-state index is 13.1. The van der Waals surface area contributed by atoms with Crippen molar-refractivity contribution in [2.75, 3.05) is 12.8 Å². The number of ether oxygens (including phenoxy) is 1. The summed E-state index contributed by atoms with van der Waals surface area (Å²) in [6.45, 7) is 0. The molecule has 0 aliphatic carbocycles. The molecule has 114 valence electrons. The Labute approximate surface area is 131 Å². The SMILES string of the molecule is COc1ccc2oc3c(N)cc(-c4ccc(F)cc4)nc3c2c1. The van der Waals surface area contributed by atoms with Crippen molar-refractivity contribution in [2.45, 2.75) is 0 Å². The van der Waals surface area contributed by atoms with Crippen LogP contribution in [0, 0.1) is 5.82 Å². The van der Waals surface area contributed by atoms with E-state index in [2.05, 4.69) is 4.98 Å². The Morgan fingerprint density at radius 2 is 1.87 bits per heavy atom. The second kappa shape index (κ2) is 4.98. The zero-order chi connectivity index (χ0) is 16.0. The molecule has 4 aromatic rings. The van der Waals surface area contributed by atoms with Gasteiger partial charge in [-0.3, -0.25) is 0 Å². The third kappa shape index (κ3) is 2.17. The Bertz CT molecular complexity index is 1020. The third-order valence-corrected chi connectivity index (χ3v) is 3.80. The highest BCUT2D eigenvalue weighted by Gasteiger charge is 2.14. The fraction of sp³-hybridized carbons (Fsp3) is 0.0556. The van der Waals surface area contributed by atoms with Crippen LogP contribution in [0.15, 0.2) is 52.9 Å². The molecule has 5 heteroatoms. The number of anilines is 1. The molecule has 0 aliphatic rings. The molecule has 2 aromatic heterocycles. The molecule has 0 saturated heterocycles.